The molecule has 1 aromatic carbocycles. The van der Waals surface area contributed by atoms with Gasteiger partial charge in [-0.05, 0) is 56.2 Å². The standard InChI is InChI=1S/C23H37N5O2/c1-3-25-23(26-11-7-18-5-4-6-20(15-18)22(29)24-2)27-21-8-12-28(13-9-21)16-19-10-14-30-17-19/h4-6,15,19,21H,3,7-14,16-17H2,1-2H3,(H,24,29)(H2,25,26,27). The van der Waals surface area contributed by atoms with E-state index >= 15 is 0 Å². The number of carbonyl (C=O) groups excluding carboxylic acids is 1. The summed E-state index contributed by atoms with van der Waals surface area (Å²) in [4.78, 5) is 19.2. The zero-order chi connectivity index (χ0) is 21.2. The van der Waals surface area contributed by atoms with Crippen molar-refractivity contribution in [1.82, 2.24) is 20.9 Å². The van der Waals surface area contributed by atoms with Crippen LogP contribution in [0, 0.1) is 5.92 Å². The Kier molecular flexibility index (Phi) is 8.96. The van der Waals surface area contributed by atoms with Crippen molar-refractivity contribution >= 4 is 11.9 Å². The molecule has 2 aliphatic heterocycles. The Morgan fingerprint density at radius 3 is 2.80 bits per heavy atom. The summed E-state index contributed by atoms with van der Waals surface area (Å²) in [5.74, 6) is 1.56. The molecule has 0 radical (unpaired) electrons. The van der Waals surface area contributed by atoms with Crippen molar-refractivity contribution in [2.75, 3.05) is 53.0 Å². The van der Waals surface area contributed by atoms with E-state index in [1.54, 1.807) is 7.05 Å². The van der Waals surface area contributed by atoms with Crippen molar-refractivity contribution in [3.63, 3.8) is 0 Å². The molecule has 1 atom stereocenters. The number of ether oxygens (including phenoxy) is 1. The first kappa shape index (κ1) is 22.6. The predicted octanol–water partition coefficient (Wildman–Crippen LogP) is 1.64. The summed E-state index contributed by atoms with van der Waals surface area (Å²) >= 11 is 0. The molecular formula is C23H37N5O2. The Hall–Kier alpha value is -2.12. The number of likely N-dealkylation sites (tertiary alicyclic amines) is 1. The van der Waals surface area contributed by atoms with Gasteiger partial charge in [-0.1, -0.05) is 12.1 Å². The van der Waals surface area contributed by atoms with E-state index in [1.807, 2.05) is 24.3 Å². The molecule has 0 aromatic heterocycles. The van der Waals surface area contributed by atoms with Gasteiger partial charge >= 0.3 is 0 Å². The predicted molar refractivity (Wildman–Crippen MR) is 121 cm³/mol. The maximum atomic E-state index is 11.8. The molecular weight excluding hydrogens is 378 g/mol. The molecule has 7 heteroatoms. The summed E-state index contributed by atoms with van der Waals surface area (Å²) in [6.07, 6.45) is 4.31. The van der Waals surface area contributed by atoms with Crippen molar-refractivity contribution in [3.05, 3.63) is 35.4 Å². The summed E-state index contributed by atoms with van der Waals surface area (Å²) < 4.78 is 5.51. The number of hydrogen-bond donors (Lipinski definition) is 3. The number of amides is 1. The lowest BCUT2D eigenvalue weighted by atomic mass is 10.0. The third-order valence-electron chi connectivity index (χ3n) is 5.90. The highest BCUT2D eigenvalue weighted by Crippen LogP contribution is 2.17. The highest BCUT2D eigenvalue weighted by Gasteiger charge is 2.24. The second-order valence-corrected chi connectivity index (χ2v) is 8.24. The second-order valence-electron chi connectivity index (χ2n) is 8.24. The van der Waals surface area contributed by atoms with E-state index in [0.717, 1.165) is 69.6 Å². The van der Waals surface area contributed by atoms with Gasteiger partial charge < -0.3 is 25.6 Å². The number of piperidine rings is 1. The number of guanidine groups is 1. The molecule has 7 nitrogen and oxygen atoms in total. The highest BCUT2D eigenvalue weighted by atomic mass is 16.5. The van der Waals surface area contributed by atoms with Crippen molar-refractivity contribution in [1.29, 1.82) is 0 Å². The van der Waals surface area contributed by atoms with Crippen LogP contribution in [-0.4, -0.2) is 75.8 Å². The first-order valence-electron chi connectivity index (χ1n) is 11.3. The van der Waals surface area contributed by atoms with Gasteiger partial charge in [-0.2, -0.15) is 0 Å². The van der Waals surface area contributed by atoms with Crippen molar-refractivity contribution in [2.45, 2.75) is 38.6 Å². The van der Waals surface area contributed by atoms with Crippen LogP contribution in [-0.2, 0) is 11.2 Å². The molecule has 0 bridgehead atoms. The number of benzene rings is 1. The zero-order valence-corrected chi connectivity index (χ0v) is 18.5. The number of aliphatic imine (C=N–C) groups is 1. The molecule has 30 heavy (non-hydrogen) atoms. The van der Waals surface area contributed by atoms with Crippen LogP contribution in [0.2, 0.25) is 0 Å². The van der Waals surface area contributed by atoms with Gasteiger partial charge in [-0.25, -0.2) is 0 Å². The molecule has 1 amide bonds. The molecule has 0 spiro atoms. The average molecular weight is 416 g/mol. The minimum atomic E-state index is -0.0536. The van der Waals surface area contributed by atoms with Gasteiger partial charge in [-0.15, -0.1) is 0 Å². The Balaban J connectivity index is 1.45. The summed E-state index contributed by atoms with van der Waals surface area (Å²) in [6.45, 7) is 8.94. The van der Waals surface area contributed by atoms with Crippen LogP contribution in [0.1, 0.15) is 42.1 Å². The monoisotopic (exact) mass is 415 g/mol. The van der Waals surface area contributed by atoms with Gasteiger partial charge in [0.25, 0.3) is 5.91 Å². The van der Waals surface area contributed by atoms with Crippen molar-refractivity contribution in [3.8, 4) is 0 Å². The van der Waals surface area contributed by atoms with Crippen LogP contribution < -0.4 is 16.0 Å². The molecule has 3 N–H and O–H groups in total. The van der Waals surface area contributed by atoms with E-state index in [1.165, 1.54) is 13.0 Å². The van der Waals surface area contributed by atoms with Gasteiger partial charge in [0.1, 0.15) is 0 Å². The third kappa shape index (κ3) is 6.99. The van der Waals surface area contributed by atoms with E-state index in [9.17, 15) is 4.79 Å². The van der Waals surface area contributed by atoms with E-state index in [4.69, 9.17) is 9.73 Å². The van der Waals surface area contributed by atoms with Crippen LogP contribution >= 0.6 is 0 Å². The zero-order valence-electron chi connectivity index (χ0n) is 18.5. The molecule has 166 valence electrons. The van der Waals surface area contributed by atoms with Gasteiger partial charge in [-0.3, -0.25) is 9.79 Å². The average Bonchev–Trinajstić information content (AvgIpc) is 3.28. The van der Waals surface area contributed by atoms with Gasteiger partial charge in [0.2, 0.25) is 0 Å². The summed E-state index contributed by atoms with van der Waals surface area (Å²) in [5.41, 5.74) is 1.82. The number of nitrogens with one attached hydrogen (secondary N) is 3. The number of hydrogen-bond acceptors (Lipinski definition) is 4. The van der Waals surface area contributed by atoms with E-state index in [2.05, 4.69) is 27.8 Å². The smallest absolute Gasteiger partial charge is 0.251 e. The SMILES string of the molecule is CCNC(=NCCc1cccc(C(=O)NC)c1)NC1CCN(CC2CCOC2)CC1. The molecule has 0 aliphatic carbocycles. The topological polar surface area (TPSA) is 78.0 Å². The maximum absolute atomic E-state index is 11.8. The van der Waals surface area contributed by atoms with Gasteiger partial charge in [0.15, 0.2) is 5.96 Å². The minimum Gasteiger partial charge on any atom is -0.381 e. The molecule has 2 fully saturated rings. The largest absolute Gasteiger partial charge is 0.381 e. The van der Waals surface area contributed by atoms with Crippen LogP contribution in [0.4, 0.5) is 0 Å². The lowest BCUT2D eigenvalue weighted by molar-refractivity contribution is 0.0963. The fraction of sp³-hybridized carbons (Fsp3) is 0.652. The number of nitrogens with zero attached hydrogens (tertiary/aromatic N) is 2. The Bertz CT molecular complexity index is 695. The Morgan fingerprint density at radius 1 is 1.27 bits per heavy atom. The van der Waals surface area contributed by atoms with Crippen LogP contribution in [0.3, 0.4) is 0 Å². The lowest BCUT2D eigenvalue weighted by Gasteiger charge is -2.34. The molecule has 2 heterocycles. The Morgan fingerprint density at radius 2 is 2.10 bits per heavy atom. The summed E-state index contributed by atoms with van der Waals surface area (Å²) in [5, 5.41) is 9.66. The van der Waals surface area contributed by atoms with Crippen LogP contribution in [0.5, 0.6) is 0 Å². The van der Waals surface area contributed by atoms with Crippen LogP contribution in [0.15, 0.2) is 29.3 Å². The normalized spacial score (nSPS) is 20.9. The summed E-state index contributed by atoms with van der Waals surface area (Å²) in [6, 6.07) is 8.23. The van der Waals surface area contributed by atoms with E-state index in [0.29, 0.717) is 18.2 Å². The molecule has 1 unspecified atom stereocenters. The minimum absolute atomic E-state index is 0.0536. The first-order valence-corrected chi connectivity index (χ1v) is 11.3. The first-order chi connectivity index (χ1) is 14.7. The van der Waals surface area contributed by atoms with Crippen LogP contribution in [0.25, 0.3) is 0 Å². The molecule has 3 rings (SSSR count). The summed E-state index contributed by atoms with van der Waals surface area (Å²) in [7, 11) is 1.65. The van der Waals surface area contributed by atoms with Crippen molar-refractivity contribution in [2.24, 2.45) is 10.9 Å². The number of rotatable bonds is 8. The fourth-order valence-corrected chi connectivity index (χ4v) is 4.17. The maximum Gasteiger partial charge on any atom is 0.251 e. The Labute approximate surface area is 180 Å². The number of carbonyl (C=O) groups is 1. The second kappa shape index (κ2) is 11.9. The molecule has 2 aliphatic rings. The molecule has 2 saturated heterocycles. The van der Waals surface area contributed by atoms with E-state index < -0.39 is 0 Å². The van der Waals surface area contributed by atoms with Gasteiger partial charge in [0.05, 0.1) is 6.61 Å². The molecule has 0 saturated carbocycles. The quantitative estimate of drug-likeness (QED) is 0.445. The van der Waals surface area contributed by atoms with Gasteiger partial charge in [0, 0.05) is 58.0 Å². The van der Waals surface area contributed by atoms with E-state index in [-0.39, 0.29) is 5.91 Å². The highest BCUT2D eigenvalue weighted by molar-refractivity contribution is 5.94. The third-order valence-corrected chi connectivity index (χ3v) is 5.90. The van der Waals surface area contributed by atoms with Crippen molar-refractivity contribution < 1.29 is 9.53 Å². The lowest BCUT2D eigenvalue weighted by Crippen LogP contribution is -2.49. The fourth-order valence-electron chi connectivity index (χ4n) is 4.17. The molecule has 1 aromatic rings.